The largest absolute Gasteiger partial charge is 0.480 e. The lowest BCUT2D eigenvalue weighted by Gasteiger charge is -2.34. The van der Waals surface area contributed by atoms with Crippen molar-refractivity contribution in [2.45, 2.75) is 13.5 Å². The molecule has 0 N–H and O–H groups in total. The Morgan fingerprint density at radius 3 is 2.78 bits per heavy atom. The van der Waals surface area contributed by atoms with Crippen LogP contribution in [0, 0.1) is 6.92 Å². The summed E-state index contributed by atoms with van der Waals surface area (Å²) in [6.07, 6.45) is 1.62. The molecule has 7 nitrogen and oxygen atoms in total. The number of ether oxygens (including phenoxy) is 1. The normalized spacial score (nSPS) is 15.7. The van der Waals surface area contributed by atoms with Crippen molar-refractivity contribution in [3.05, 3.63) is 41.4 Å². The molecule has 2 aromatic rings. The molecule has 1 saturated heterocycles. The van der Waals surface area contributed by atoms with Crippen molar-refractivity contribution in [2.24, 2.45) is 0 Å². The first kappa shape index (κ1) is 15.5. The van der Waals surface area contributed by atoms with Gasteiger partial charge >= 0.3 is 0 Å². The number of hydrogen-bond donors (Lipinski definition) is 0. The van der Waals surface area contributed by atoms with Gasteiger partial charge in [-0.05, 0) is 19.1 Å². The lowest BCUT2D eigenvalue weighted by Crippen LogP contribution is -2.48. The van der Waals surface area contributed by atoms with Gasteiger partial charge in [0, 0.05) is 45.0 Å². The van der Waals surface area contributed by atoms with Crippen LogP contribution in [0.25, 0.3) is 0 Å². The number of pyridine rings is 1. The molecule has 122 valence electrons. The van der Waals surface area contributed by atoms with Crippen molar-refractivity contribution < 1.29 is 14.1 Å². The highest BCUT2D eigenvalue weighted by Crippen LogP contribution is 2.18. The van der Waals surface area contributed by atoms with Crippen LogP contribution in [0.15, 0.2) is 28.9 Å². The lowest BCUT2D eigenvalue weighted by molar-refractivity contribution is 0.0621. The minimum absolute atomic E-state index is 0.0353. The summed E-state index contributed by atoms with van der Waals surface area (Å²) >= 11 is 0. The second kappa shape index (κ2) is 6.78. The molecule has 0 radical (unpaired) electrons. The zero-order valence-electron chi connectivity index (χ0n) is 13.4. The number of carbonyl (C=O) groups excluding carboxylic acids is 1. The molecule has 1 aliphatic rings. The Labute approximate surface area is 134 Å². The maximum atomic E-state index is 12.6. The number of hydrogen-bond acceptors (Lipinski definition) is 6. The molecule has 0 saturated carbocycles. The van der Waals surface area contributed by atoms with E-state index < -0.39 is 0 Å². The molecule has 2 aromatic heterocycles. The highest BCUT2D eigenvalue weighted by Gasteiger charge is 2.25. The van der Waals surface area contributed by atoms with Crippen molar-refractivity contribution in [3.8, 4) is 5.88 Å². The molecule has 7 heteroatoms. The Bertz CT molecular complexity index is 677. The molecule has 0 spiro atoms. The van der Waals surface area contributed by atoms with Crippen LogP contribution in [0.3, 0.4) is 0 Å². The highest BCUT2D eigenvalue weighted by molar-refractivity contribution is 5.96. The number of carbonyl (C=O) groups is 1. The van der Waals surface area contributed by atoms with Crippen LogP contribution in [-0.2, 0) is 6.54 Å². The maximum Gasteiger partial charge on any atom is 0.259 e. The third kappa shape index (κ3) is 3.50. The van der Waals surface area contributed by atoms with Gasteiger partial charge in [-0.25, -0.2) is 4.98 Å². The fourth-order valence-corrected chi connectivity index (χ4v) is 2.72. The van der Waals surface area contributed by atoms with E-state index in [1.54, 1.807) is 18.3 Å². The molecule has 0 atom stereocenters. The van der Waals surface area contributed by atoms with Crippen molar-refractivity contribution in [2.75, 3.05) is 33.3 Å². The van der Waals surface area contributed by atoms with Crippen LogP contribution in [-0.4, -0.2) is 59.1 Å². The fourth-order valence-electron chi connectivity index (χ4n) is 2.72. The van der Waals surface area contributed by atoms with Crippen LogP contribution >= 0.6 is 0 Å². The first-order chi connectivity index (χ1) is 11.2. The van der Waals surface area contributed by atoms with Crippen LogP contribution in [0.1, 0.15) is 21.8 Å². The zero-order valence-corrected chi connectivity index (χ0v) is 13.4. The number of amides is 1. The second-order valence-corrected chi connectivity index (χ2v) is 5.56. The second-order valence-electron chi connectivity index (χ2n) is 5.56. The van der Waals surface area contributed by atoms with Gasteiger partial charge in [0.25, 0.3) is 5.91 Å². The number of aromatic nitrogens is 2. The molecule has 3 rings (SSSR count). The van der Waals surface area contributed by atoms with Crippen LogP contribution in [0.2, 0.25) is 0 Å². The van der Waals surface area contributed by atoms with E-state index in [2.05, 4.69) is 15.0 Å². The van der Waals surface area contributed by atoms with Crippen molar-refractivity contribution in [1.82, 2.24) is 19.9 Å². The molecule has 23 heavy (non-hydrogen) atoms. The first-order valence-electron chi connectivity index (χ1n) is 7.60. The summed E-state index contributed by atoms with van der Waals surface area (Å²) in [6.45, 7) is 5.59. The molecule has 0 unspecified atom stereocenters. The van der Waals surface area contributed by atoms with E-state index >= 15 is 0 Å². The van der Waals surface area contributed by atoms with Gasteiger partial charge in [-0.2, -0.15) is 0 Å². The summed E-state index contributed by atoms with van der Waals surface area (Å²) in [7, 11) is 1.52. The number of rotatable bonds is 4. The SMILES string of the molecule is COc1ncccc1C(=O)N1CCN(Cc2cc(C)on2)CC1. The average Bonchev–Trinajstić information content (AvgIpc) is 3.00. The van der Waals surface area contributed by atoms with Gasteiger partial charge in [0.05, 0.1) is 12.8 Å². The molecule has 1 fully saturated rings. The first-order valence-corrected chi connectivity index (χ1v) is 7.60. The minimum atomic E-state index is -0.0353. The summed E-state index contributed by atoms with van der Waals surface area (Å²) in [5, 5.41) is 4.01. The van der Waals surface area contributed by atoms with Gasteiger partial charge in [-0.1, -0.05) is 5.16 Å². The highest BCUT2D eigenvalue weighted by atomic mass is 16.5. The topological polar surface area (TPSA) is 71.7 Å². The lowest BCUT2D eigenvalue weighted by atomic mass is 10.2. The fraction of sp³-hybridized carbons (Fsp3) is 0.438. The summed E-state index contributed by atoms with van der Waals surface area (Å²) in [5.41, 5.74) is 1.44. The number of piperazine rings is 1. The van der Waals surface area contributed by atoms with Gasteiger partial charge in [-0.3, -0.25) is 9.69 Å². The molecule has 3 heterocycles. The van der Waals surface area contributed by atoms with E-state index in [1.807, 2.05) is 17.9 Å². The van der Waals surface area contributed by atoms with E-state index in [4.69, 9.17) is 9.26 Å². The number of aryl methyl sites for hydroxylation is 1. The summed E-state index contributed by atoms with van der Waals surface area (Å²) < 4.78 is 10.3. The molecule has 0 aromatic carbocycles. The minimum Gasteiger partial charge on any atom is -0.480 e. The van der Waals surface area contributed by atoms with E-state index in [0.29, 0.717) is 24.5 Å². The van der Waals surface area contributed by atoms with E-state index in [9.17, 15) is 4.79 Å². The van der Waals surface area contributed by atoms with Gasteiger partial charge in [0.2, 0.25) is 5.88 Å². The number of methoxy groups -OCH3 is 1. The van der Waals surface area contributed by atoms with Gasteiger partial charge in [-0.15, -0.1) is 0 Å². The Hall–Kier alpha value is -2.41. The van der Waals surface area contributed by atoms with Crippen molar-refractivity contribution >= 4 is 5.91 Å². The molecular formula is C16H20N4O3. The Morgan fingerprint density at radius 1 is 1.35 bits per heavy atom. The van der Waals surface area contributed by atoms with E-state index in [1.165, 1.54) is 7.11 Å². The van der Waals surface area contributed by atoms with Gasteiger partial charge < -0.3 is 14.2 Å². The van der Waals surface area contributed by atoms with E-state index in [0.717, 1.165) is 31.1 Å². The van der Waals surface area contributed by atoms with Crippen LogP contribution in [0.5, 0.6) is 5.88 Å². The molecule has 1 amide bonds. The van der Waals surface area contributed by atoms with Gasteiger partial charge in [0.1, 0.15) is 11.3 Å². The predicted molar refractivity (Wildman–Crippen MR) is 83.2 cm³/mol. The molecule has 0 bridgehead atoms. The Kier molecular flexibility index (Phi) is 4.57. The van der Waals surface area contributed by atoms with Crippen LogP contribution in [0.4, 0.5) is 0 Å². The molecule has 1 aliphatic heterocycles. The third-order valence-corrected chi connectivity index (χ3v) is 3.92. The summed E-state index contributed by atoms with van der Waals surface area (Å²) in [5.74, 6) is 1.15. The van der Waals surface area contributed by atoms with Gasteiger partial charge in [0.15, 0.2) is 0 Å². The Morgan fingerprint density at radius 2 is 2.13 bits per heavy atom. The maximum absolute atomic E-state index is 12.6. The van der Waals surface area contributed by atoms with E-state index in [-0.39, 0.29) is 5.91 Å². The standard InChI is InChI=1S/C16H20N4O3/c1-12-10-13(18-23-12)11-19-6-8-20(9-7-19)16(21)14-4-3-5-17-15(14)22-2/h3-5,10H,6-9,11H2,1-2H3. The van der Waals surface area contributed by atoms with Crippen molar-refractivity contribution in [1.29, 1.82) is 0 Å². The third-order valence-electron chi connectivity index (χ3n) is 3.92. The number of nitrogens with zero attached hydrogens (tertiary/aromatic N) is 4. The summed E-state index contributed by atoms with van der Waals surface area (Å²) in [6, 6.07) is 5.44. The Balaban J connectivity index is 1.59. The summed E-state index contributed by atoms with van der Waals surface area (Å²) in [4.78, 5) is 20.8. The predicted octanol–water partition coefficient (Wildman–Crippen LogP) is 1.34. The monoisotopic (exact) mass is 316 g/mol. The average molecular weight is 316 g/mol. The van der Waals surface area contributed by atoms with Crippen LogP contribution < -0.4 is 4.74 Å². The molecular weight excluding hydrogens is 296 g/mol. The van der Waals surface area contributed by atoms with Crippen molar-refractivity contribution in [3.63, 3.8) is 0 Å². The zero-order chi connectivity index (χ0) is 16.2. The quantitative estimate of drug-likeness (QED) is 0.848. The smallest absolute Gasteiger partial charge is 0.259 e. The molecule has 0 aliphatic carbocycles.